The number of hydrogen-bond donors (Lipinski definition) is 8. The van der Waals surface area contributed by atoms with Crippen LogP contribution < -0.4 is 32.7 Å². The third-order valence-electron chi connectivity index (χ3n) is 5.86. The van der Waals surface area contributed by atoms with Crippen molar-refractivity contribution in [3.05, 3.63) is 107 Å². The second-order valence-electron chi connectivity index (χ2n) is 9.03. The lowest BCUT2D eigenvalue weighted by Crippen LogP contribution is -2.38. The summed E-state index contributed by atoms with van der Waals surface area (Å²) in [7, 11) is 0. The van der Waals surface area contributed by atoms with Crippen molar-refractivity contribution in [2.24, 2.45) is 22.9 Å². The van der Waals surface area contributed by atoms with E-state index in [2.05, 4.69) is 0 Å². The minimum atomic E-state index is -1.71. The number of primary amides is 4. The summed E-state index contributed by atoms with van der Waals surface area (Å²) >= 11 is 0. The number of aliphatic carboxylic acids is 4. The van der Waals surface area contributed by atoms with Crippen LogP contribution in [0.1, 0.15) is 11.1 Å². The third kappa shape index (κ3) is 9.37. The average molecular weight is 651 g/mol. The molecule has 2 aromatic rings. The molecule has 0 aliphatic heterocycles. The molecule has 2 rings (SSSR count). The van der Waals surface area contributed by atoms with Gasteiger partial charge in [-0.05, 0) is 23.3 Å². The Morgan fingerprint density at radius 1 is 0.468 bits per heavy atom. The molecule has 0 radical (unpaired) electrons. The Labute approximate surface area is 263 Å². The van der Waals surface area contributed by atoms with Crippen LogP contribution in [-0.2, 0) is 44.8 Å². The summed E-state index contributed by atoms with van der Waals surface area (Å²) < 4.78 is 0. The minimum absolute atomic E-state index is 0.0839. The molecule has 0 bridgehead atoms. The van der Waals surface area contributed by atoms with E-state index in [4.69, 9.17) is 22.9 Å². The molecule has 4 amide bonds. The fourth-order valence-electron chi connectivity index (χ4n) is 4.19. The number of nitrogens with two attached hydrogens (primary N) is 4. The Bertz CT molecular complexity index is 1590. The molecule has 12 N–H and O–H groups in total. The van der Waals surface area contributed by atoms with Gasteiger partial charge in [0, 0.05) is 6.42 Å². The van der Waals surface area contributed by atoms with Crippen LogP contribution in [0, 0.1) is 0 Å². The highest BCUT2D eigenvalue weighted by molar-refractivity contribution is 6.10. The van der Waals surface area contributed by atoms with Gasteiger partial charge in [0.05, 0.1) is 35.7 Å². The van der Waals surface area contributed by atoms with Gasteiger partial charge < -0.3 is 43.4 Å². The highest BCUT2D eigenvalue weighted by atomic mass is 16.4. The van der Waals surface area contributed by atoms with Gasteiger partial charge in [-0.2, -0.15) is 0 Å². The Balaban J connectivity index is 3.05. The maximum absolute atomic E-state index is 12.4. The minimum Gasteiger partial charge on any atom is -0.478 e. The normalized spacial score (nSPS) is 12.1. The number of hydrogen-bond acceptors (Lipinski definition) is 10. The van der Waals surface area contributed by atoms with E-state index in [1.165, 1.54) is 48.5 Å². The number of nitrogens with zero attached hydrogens (tertiary/aromatic N) is 2. The quantitative estimate of drug-likeness (QED) is 0.0980. The molecule has 2 aromatic carbocycles. The molecule has 0 aromatic heterocycles. The van der Waals surface area contributed by atoms with E-state index in [-0.39, 0.29) is 28.9 Å². The summed E-state index contributed by atoms with van der Waals surface area (Å²) in [6.45, 7) is 0. The Morgan fingerprint density at radius 2 is 0.702 bits per heavy atom. The van der Waals surface area contributed by atoms with Gasteiger partial charge in [0.15, 0.2) is 0 Å². The number of anilines is 2. The van der Waals surface area contributed by atoms with Crippen molar-refractivity contribution in [2.45, 2.75) is 6.42 Å². The van der Waals surface area contributed by atoms with Gasteiger partial charge in [0.1, 0.15) is 22.8 Å². The molecule has 0 spiro atoms. The van der Waals surface area contributed by atoms with E-state index < -0.39 is 70.3 Å². The van der Waals surface area contributed by atoms with Crippen molar-refractivity contribution in [2.75, 3.05) is 9.80 Å². The fraction of sp³-hybridized carbons (Fsp3) is 0.0345. The largest absolute Gasteiger partial charge is 0.478 e. The highest BCUT2D eigenvalue weighted by Crippen LogP contribution is 2.34. The summed E-state index contributed by atoms with van der Waals surface area (Å²) in [6, 6.07) is 10.9. The SMILES string of the molecule is NC(=O)C(=CC(=O)O)N(C(=CC(=O)O)C(N)=O)c1ccccc1Cc1ccccc1N(C(=CC(=O)O)C(N)=O)C(=CC(=O)O)C(N)=O. The number of amides is 4. The van der Waals surface area contributed by atoms with Gasteiger partial charge in [0.25, 0.3) is 23.6 Å². The van der Waals surface area contributed by atoms with Gasteiger partial charge in [0.2, 0.25) is 0 Å². The molecule has 47 heavy (non-hydrogen) atoms. The van der Waals surface area contributed by atoms with Gasteiger partial charge in [-0.15, -0.1) is 0 Å². The zero-order chi connectivity index (χ0) is 35.6. The molecule has 0 saturated carbocycles. The van der Waals surface area contributed by atoms with Crippen molar-refractivity contribution < 1.29 is 58.8 Å². The number of carboxylic acid groups (broad SMARTS) is 4. The molecular weight excluding hydrogens is 624 g/mol. The van der Waals surface area contributed by atoms with Crippen LogP contribution in [0.5, 0.6) is 0 Å². The van der Waals surface area contributed by atoms with Crippen LogP contribution in [0.25, 0.3) is 0 Å². The van der Waals surface area contributed by atoms with Crippen molar-refractivity contribution >= 4 is 58.9 Å². The summed E-state index contributed by atoms with van der Waals surface area (Å²) in [6.07, 6.45) is 0.867. The summed E-state index contributed by atoms with van der Waals surface area (Å²) in [5, 5.41) is 37.7. The fourth-order valence-corrected chi connectivity index (χ4v) is 4.19. The summed E-state index contributed by atoms with van der Waals surface area (Å²) in [5.74, 6) is -12.5. The summed E-state index contributed by atoms with van der Waals surface area (Å²) in [4.78, 5) is 97.4. The molecule has 18 heteroatoms. The number of rotatable bonds is 16. The monoisotopic (exact) mass is 650 g/mol. The lowest BCUT2D eigenvalue weighted by Gasteiger charge is -2.30. The second-order valence-corrected chi connectivity index (χ2v) is 9.03. The first-order chi connectivity index (χ1) is 22.0. The zero-order valence-corrected chi connectivity index (χ0v) is 23.9. The first-order valence-corrected chi connectivity index (χ1v) is 12.7. The van der Waals surface area contributed by atoms with E-state index in [0.29, 0.717) is 34.1 Å². The van der Waals surface area contributed by atoms with Gasteiger partial charge in [-0.25, -0.2) is 19.2 Å². The predicted molar refractivity (Wildman–Crippen MR) is 160 cm³/mol. The smallest absolute Gasteiger partial charge is 0.330 e. The number of carbonyl (C=O) groups excluding carboxylic acids is 4. The van der Waals surface area contributed by atoms with Crippen LogP contribution in [0.2, 0.25) is 0 Å². The van der Waals surface area contributed by atoms with E-state index in [1.807, 2.05) is 0 Å². The predicted octanol–water partition coefficient (Wildman–Crippen LogP) is -1.29. The Kier molecular flexibility index (Phi) is 11.8. The average Bonchev–Trinajstić information content (AvgIpc) is 2.95. The number of benzene rings is 2. The highest BCUT2D eigenvalue weighted by Gasteiger charge is 2.30. The lowest BCUT2D eigenvalue weighted by atomic mass is 9.98. The molecule has 0 aliphatic rings. The molecule has 0 heterocycles. The number of para-hydroxylation sites is 2. The lowest BCUT2D eigenvalue weighted by molar-refractivity contribution is -0.132. The molecular formula is C29H26N6O12. The topological polar surface area (TPSA) is 328 Å². The maximum Gasteiger partial charge on any atom is 0.330 e. The van der Waals surface area contributed by atoms with E-state index in [9.17, 15) is 58.8 Å². The van der Waals surface area contributed by atoms with Crippen LogP contribution in [0.4, 0.5) is 11.4 Å². The van der Waals surface area contributed by atoms with Crippen LogP contribution >= 0.6 is 0 Å². The number of carbonyl (C=O) groups is 8. The van der Waals surface area contributed by atoms with Crippen molar-refractivity contribution in [3.8, 4) is 0 Å². The molecule has 0 unspecified atom stereocenters. The summed E-state index contributed by atoms with van der Waals surface area (Å²) in [5.41, 5.74) is 17.8. The van der Waals surface area contributed by atoms with Gasteiger partial charge in [-0.3, -0.25) is 29.0 Å². The zero-order valence-electron chi connectivity index (χ0n) is 23.9. The first-order valence-electron chi connectivity index (χ1n) is 12.7. The standard InChI is InChI=1S/C29H26N6O12/c30-26(44)18(10-22(36)37)34(19(27(31)45)11-23(38)39)16-7-3-1-5-14(16)9-15-6-2-4-8-17(15)35(20(28(32)46)12-24(40)41)21(29(33)47)13-25(42)43/h1-8,10-13H,9H2,(H2,30,44)(H2,31,45)(H2,32,46)(H2,33,47)(H,36,37)(H,38,39)(H,40,41)(H,42,43). The number of carboxylic acids is 4. The van der Waals surface area contributed by atoms with Gasteiger partial charge in [-0.1, -0.05) is 36.4 Å². The van der Waals surface area contributed by atoms with E-state index in [1.54, 1.807) is 0 Å². The Hall–Kier alpha value is -7.24. The van der Waals surface area contributed by atoms with Crippen molar-refractivity contribution in [3.63, 3.8) is 0 Å². The van der Waals surface area contributed by atoms with E-state index >= 15 is 0 Å². The molecule has 244 valence electrons. The van der Waals surface area contributed by atoms with E-state index in [0.717, 1.165) is 0 Å². The third-order valence-corrected chi connectivity index (χ3v) is 5.86. The van der Waals surface area contributed by atoms with Crippen LogP contribution in [0.15, 0.2) is 95.6 Å². The second kappa shape index (κ2) is 15.5. The maximum atomic E-state index is 12.4. The molecule has 0 aliphatic carbocycles. The molecule has 18 nitrogen and oxygen atoms in total. The van der Waals surface area contributed by atoms with Crippen molar-refractivity contribution in [1.82, 2.24) is 0 Å². The Morgan fingerprint density at radius 3 is 0.915 bits per heavy atom. The van der Waals surface area contributed by atoms with Crippen LogP contribution in [0.3, 0.4) is 0 Å². The van der Waals surface area contributed by atoms with Crippen molar-refractivity contribution in [1.29, 1.82) is 0 Å². The van der Waals surface area contributed by atoms with Crippen LogP contribution in [-0.4, -0.2) is 67.9 Å². The van der Waals surface area contributed by atoms with Gasteiger partial charge >= 0.3 is 23.9 Å². The first kappa shape index (κ1) is 36.0. The molecule has 0 fully saturated rings. The molecule has 0 atom stereocenters. The molecule has 0 saturated heterocycles.